The lowest BCUT2D eigenvalue weighted by molar-refractivity contribution is -0.0146. The maximum absolute atomic E-state index is 10.9. The Hall–Kier alpha value is -0.820. The Labute approximate surface area is 123 Å². The normalized spacial score (nSPS) is 29.7. The number of rotatable bonds is 3. The van der Waals surface area contributed by atoms with Gasteiger partial charge in [0.05, 0.1) is 5.60 Å². The molecule has 0 atom stereocenters. The van der Waals surface area contributed by atoms with E-state index in [1.807, 2.05) is 0 Å². The molecule has 1 N–H and O–H groups in total. The van der Waals surface area contributed by atoms with E-state index in [0.717, 1.165) is 31.1 Å². The van der Waals surface area contributed by atoms with Crippen molar-refractivity contribution in [2.45, 2.75) is 70.8 Å². The predicted octanol–water partition coefficient (Wildman–Crippen LogP) is 4.30. The molecule has 3 rings (SSSR count). The molecule has 1 fully saturated rings. The Balaban J connectivity index is 1.65. The fourth-order valence-corrected chi connectivity index (χ4v) is 4.14. The van der Waals surface area contributed by atoms with Crippen LogP contribution in [0.15, 0.2) is 18.2 Å². The third kappa shape index (κ3) is 2.93. The Morgan fingerprint density at radius 1 is 1.15 bits per heavy atom. The highest BCUT2D eigenvalue weighted by atomic mass is 16.3. The molecule has 0 aliphatic heterocycles. The zero-order valence-electron chi connectivity index (χ0n) is 13.0. The maximum Gasteiger partial charge on any atom is 0.0688 e. The van der Waals surface area contributed by atoms with Crippen LogP contribution in [-0.4, -0.2) is 10.7 Å². The summed E-state index contributed by atoms with van der Waals surface area (Å²) >= 11 is 0. The highest BCUT2D eigenvalue weighted by Crippen LogP contribution is 2.38. The molecular weight excluding hydrogens is 244 g/mol. The predicted molar refractivity (Wildman–Crippen MR) is 83.9 cm³/mol. The van der Waals surface area contributed by atoms with E-state index in [2.05, 4.69) is 32.0 Å². The van der Waals surface area contributed by atoms with Crippen LogP contribution in [-0.2, 0) is 19.3 Å². The average Bonchev–Trinajstić information content (AvgIpc) is 2.86. The van der Waals surface area contributed by atoms with E-state index in [1.165, 1.54) is 48.8 Å². The van der Waals surface area contributed by atoms with Gasteiger partial charge in [-0.2, -0.15) is 0 Å². The molecule has 2 aliphatic rings. The topological polar surface area (TPSA) is 20.2 Å². The van der Waals surface area contributed by atoms with Crippen LogP contribution < -0.4 is 0 Å². The van der Waals surface area contributed by atoms with Gasteiger partial charge in [-0.3, -0.25) is 0 Å². The van der Waals surface area contributed by atoms with E-state index in [9.17, 15) is 5.11 Å². The van der Waals surface area contributed by atoms with E-state index in [1.54, 1.807) is 0 Å². The van der Waals surface area contributed by atoms with Crippen LogP contribution in [0.2, 0.25) is 0 Å². The van der Waals surface area contributed by atoms with Crippen molar-refractivity contribution in [1.82, 2.24) is 0 Å². The fourth-order valence-electron chi connectivity index (χ4n) is 4.14. The van der Waals surface area contributed by atoms with Gasteiger partial charge in [-0.05, 0) is 73.5 Å². The first kappa shape index (κ1) is 14.1. The van der Waals surface area contributed by atoms with E-state index >= 15 is 0 Å². The Kier molecular flexibility index (Phi) is 3.90. The molecule has 0 spiro atoms. The average molecular weight is 272 g/mol. The summed E-state index contributed by atoms with van der Waals surface area (Å²) in [5.41, 5.74) is 3.96. The Bertz CT molecular complexity index is 467. The summed E-state index contributed by atoms with van der Waals surface area (Å²) in [6.07, 6.45) is 8.98. The third-order valence-electron chi connectivity index (χ3n) is 5.60. The van der Waals surface area contributed by atoms with Crippen LogP contribution in [0.1, 0.15) is 62.6 Å². The van der Waals surface area contributed by atoms with Crippen LogP contribution in [0, 0.1) is 11.8 Å². The second-order valence-electron chi connectivity index (χ2n) is 7.44. The SMILES string of the molecule is CC(C)C1CCC(O)(Cc2ccc3c(c2)CCC3)CC1. The number of fused-ring (bicyclic) bond motifs is 1. The summed E-state index contributed by atoms with van der Waals surface area (Å²) in [6, 6.07) is 6.90. The monoisotopic (exact) mass is 272 g/mol. The van der Waals surface area contributed by atoms with Gasteiger partial charge in [0.1, 0.15) is 0 Å². The number of aliphatic hydroxyl groups is 1. The minimum absolute atomic E-state index is 0.446. The first-order valence-electron chi connectivity index (χ1n) is 8.39. The second-order valence-corrected chi connectivity index (χ2v) is 7.44. The van der Waals surface area contributed by atoms with Crippen LogP contribution >= 0.6 is 0 Å². The van der Waals surface area contributed by atoms with Crippen molar-refractivity contribution in [3.05, 3.63) is 34.9 Å². The molecule has 2 aliphatic carbocycles. The van der Waals surface area contributed by atoms with Crippen LogP contribution in [0.3, 0.4) is 0 Å². The van der Waals surface area contributed by atoms with Gasteiger partial charge >= 0.3 is 0 Å². The van der Waals surface area contributed by atoms with E-state index in [-0.39, 0.29) is 0 Å². The minimum Gasteiger partial charge on any atom is -0.390 e. The van der Waals surface area contributed by atoms with Crippen molar-refractivity contribution in [1.29, 1.82) is 0 Å². The van der Waals surface area contributed by atoms with Crippen molar-refractivity contribution >= 4 is 0 Å². The zero-order valence-corrected chi connectivity index (χ0v) is 13.0. The van der Waals surface area contributed by atoms with Gasteiger partial charge in [0.2, 0.25) is 0 Å². The highest BCUT2D eigenvalue weighted by molar-refractivity contribution is 5.35. The third-order valence-corrected chi connectivity index (χ3v) is 5.60. The van der Waals surface area contributed by atoms with Gasteiger partial charge in [-0.1, -0.05) is 32.0 Å². The molecule has 1 heteroatoms. The Morgan fingerprint density at radius 2 is 1.85 bits per heavy atom. The van der Waals surface area contributed by atoms with Crippen molar-refractivity contribution in [2.24, 2.45) is 11.8 Å². The fraction of sp³-hybridized carbons (Fsp3) is 0.684. The smallest absolute Gasteiger partial charge is 0.0688 e. The molecule has 0 bridgehead atoms. The van der Waals surface area contributed by atoms with Crippen molar-refractivity contribution in [3.8, 4) is 0 Å². The molecule has 0 amide bonds. The Morgan fingerprint density at radius 3 is 2.55 bits per heavy atom. The van der Waals surface area contributed by atoms with Crippen LogP contribution in [0.25, 0.3) is 0 Å². The lowest BCUT2D eigenvalue weighted by Gasteiger charge is -2.37. The van der Waals surface area contributed by atoms with Crippen LogP contribution in [0.4, 0.5) is 0 Å². The van der Waals surface area contributed by atoms with Gasteiger partial charge in [0, 0.05) is 6.42 Å². The molecule has 0 aromatic heterocycles. The van der Waals surface area contributed by atoms with E-state index < -0.39 is 5.60 Å². The standard InChI is InChI=1S/C19H28O/c1-14(2)16-8-10-19(20,11-9-16)13-15-6-7-17-4-3-5-18(17)12-15/h6-7,12,14,16,20H,3-5,8-11,13H2,1-2H3. The molecule has 0 heterocycles. The summed E-state index contributed by atoms with van der Waals surface area (Å²) < 4.78 is 0. The summed E-state index contributed by atoms with van der Waals surface area (Å²) in [4.78, 5) is 0. The number of hydrogen-bond donors (Lipinski definition) is 1. The molecule has 1 aromatic carbocycles. The molecule has 0 saturated heterocycles. The molecule has 110 valence electrons. The largest absolute Gasteiger partial charge is 0.390 e. The highest BCUT2D eigenvalue weighted by Gasteiger charge is 2.34. The number of benzene rings is 1. The van der Waals surface area contributed by atoms with Crippen molar-refractivity contribution in [3.63, 3.8) is 0 Å². The summed E-state index contributed by atoms with van der Waals surface area (Å²) in [7, 11) is 0. The second kappa shape index (κ2) is 5.52. The summed E-state index contributed by atoms with van der Waals surface area (Å²) in [5, 5.41) is 10.9. The molecule has 0 radical (unpaired) electrons. The van der Waals surface area contributed by atoms with Crippen LogP contribution in [0.5, 0.6) is 0 Å². The molecule has 1 aromatic rings. The number of hydrogen-bond acceptors (Lipinski definition) is 1. The molecule has 20 heavy (non-hydrogen) atoms. The van der Waals surface area contributed by atoms with E-state index in [4.69, 9.17) is 0 Å². The molecular formula is C19H28O. The maximum atomic E-state index is 10.9. The quantitative estimate of drug-likeness (QED) is 0.870. The van der Waals surface area contributed by atoms with Crippen molar-refractivity contribution < 1.29 is 5.11 Å². The first-order chi connectivity index (χ1) is 9.56. The van der Waals surface area contributed by atoms with E-state index in [0.29, 0.717) is 0 Å². The van der Waals surface area contributed by atoms with Gasteiger partial charge in [0.25, 0.3) is 0 Å². The molecule has 1 nitrogen and oxygen atoms in total. The summed E-state index contributed by atoms with van der Waals surface area (Å²) in [5.74, 6) is 1.58. The van der Waals surface area contributed by atoms with Gasteiger partial charge < -0.3 is 5.11 Å². The van der Waals surface area contributed by atoms with Gasteiger partial charge in [-0.25, -0.2) is 0 Å². The summed E-state index contributed by atoms with van der Waals surface area (Å²) in [6.45, 7) is 4.63. The van der Waals surface area contributed by atoms with Crippen molar-refractivity contribution in [2.75, 3.05) is 0 Å². The minimum atomic E-state index is -0.446. The lowest BCUT2D eigenvalue weighted by atomic mass is 9.72. The molecule has 0 unspecified atom stereocenters. The van der Waals surface area contributed by atoms with Gasteiger partial charge in [0.15, 0.2) is 0 Å². The molecule has 1 saturated carbocycles. The first-order valence-corrected chi connectivity index (χ1v) is 8.39. The van der Waals surface area contributed by atoms with Gasteiger partial charge in [-0.15, -0.1) is 0 Å². The number of aryl methyl sites for hydroxylation is 2. The zero-order chi connectivity index (χ0) is 14.2. The lowest BCUT2D eigenvalue weighted by Crippen LogP contribution is -2.37.